The molecule has 8 heteroatoms. The van der Waals surface area contributed by atoms with E-state index in [2.05, 4.69) is 27.6 Å². The molecule has 1 N–H and O–H groups in total. The first-order valence-electron chi connectivity index (χ1n) is 10.0. The van der Waals surface area contributed by atoms with E-state index >= 15 is 0 Å². The van der Waals surface area contributed by atoms with Crippen LogP contribution in [0.2, 0.25) is 0 Å². The van der Waals surface area contributed by atoms with Crippen molar-refractivity contribution in [2.45, 2.75) is 25.0 Å². The molecule has 4 rings (SSSR count). The number of rotatable bonds is 8. The first-order chi connectivity index (χ1) is 14.7. The van der Waals surface area contributed by atoms with Crippen molar-refractivity contribution in [2.75, 3.05) is 25.5 Å². The number of carbonyl (C=O) groups excluding carboxylic acids is 1. The predicted molar refractivity (Wildman–Crippen MR) is 116 cm³/mol. The van der Waals surface area contributed by atoms with Crippen LogP contribution in [0.15, 0.2) is 53.7 Å². The molecule has 0 bridgehead atoms. The van der Waals surface area contributed by atoms with Crippen LogP contribution < -0.4 is 14.8 Å². The number of nitrogens with zero attached hydrogens (tertiary/aromatic N) is 3. The lowest BCUT2D eigenvalue weighted by atomic mass is 10.1. The van der Waals surface area contributed by atoms with Crippen LogP contribution in [0, 0.1) is 0 Å². The molecule has 0 radical (unpaired) electrons. The van der Waals surface area contributed by atoms with Gasteiger partial charge in [0.2, 0.25) is 5.91 Å². The molecule has 0 unspecified atom stereocenters. The van der Waals surface area contributed by atoms with E-state index in [1.807, 2.05) is 47.9 Å². The second-order valence-electron chi connectivity index (χ2n) is 6.78. The number of nitrogens with one attached hydrogen (secondary N) is 1. The van der Waals surface area contributed by atoms with E-state index in [9.17, 15) is 4.79 Å². The summed E-state index contributed by atoms with van der Waals surface area (Å²) in [5.74, 6) is 2.50. The quantitative estimate of drug-likeness (QED) is 0.560. The average molecular weight is 425 g/mol. The van der Waals surface area contributed by atoms with Gasteiger partial charge in [0.25, 0.3) is 0 Å². The van der Waals surface area contributed by atoms with E-state index in [1.165, 1.54) is 17.3 Å². The molecule has 0 saturated heterocycles. The summed E-state index contributed by atoms with van der Waals surface area (Å²) >= 11 is 1.39. The van der Waals surface area contributed by atoms with E-state index in [4.69, 9.17) is 9.47 Å². The number of fused-ring (bicyclic) bond motifs is 1. The van der Waals surface area contributed by atoms with Crippen molar-refractivity contribution in [2.24, 2.45) is 0 Å². The van der Waals surface area contributed by atoms with Gasteiger partial charge in [0.05, 0.1) is 5.75 Å². The molecular formula is C22H24N4O3S. The first-order valence-corrected chi connectivity index (χ1v) is 11.0. The Morgan fingerprint density at radius 1 is 1.10 bits per heavy atom. The van der Waals surface area contributed by atoms with Crippen molar-refractivity contribution in [1.29, 1.82) is 0 Å². The number of thioether (sulfide) groups is 1. The summed E-state index contributed by atoms with van der Waals surface area (Å²) in [6, 6.07) is 15.9. The van der Waals surface area contributed by atoms with Crippen molar-refractivity contribution < 1.29 is 14.3 Å². The van der Waals surface area contributed by atoms with Crippen molar-refractivity contribution in [3.63, 3.8) is 0 Å². The average Bonchev–Trinajstić information content (AvgIpc) is 3.21. The summed E-state index contributed by atoms with van der Waals surface area (Å²) in [6.07, 6.45) is 0.816. The fourth-order valence-corrected chi connectivity index (χ4v) is 4.08. The zero-order valence-corrected chi connectivity index (χ0v) is 17.7. The molecule has 2 aromatic carbocycles. The zero-order valence-electron chi connectivity index (χ0n) is 16.8. The molecule has 0 saturated carbocycles. The van der Waals surface area contributed by atoms with Crippen molar-refractivity contribution >= 4 is 17.7 Å². The Labute approximate surface area is 179 Å². The van der Waals surface area contributed by atoms with Gasteiger partial charge in [-0.3, -0.25) is 4.79 Å². The smallest absolute Gasteiger partial charge is 0.230 e. The lowest BCUT2D eigenvalue weighted by Gasteiger charge is -2.18. The van der Waals surface area contributed by atoms with E-state index in [0.717, 1.165) is 34.5 Å². The highest BCUT2D eigenvalue weighted by Gasteiger charge is 2.18. The Bertz CT molecular complexity index is 1010. The Kier molecular flexibility index (Phi) is 6.53. The number of hydrogen-bond acceptors (Lipinski definition) is 6. The summed E-state index contributed by atoms with van der Waals surface area (Å²) in [5, 5.41) is 12.3. The molecule has 1 aromatic heterocycles. The Morgan fingerprint density at radius 2 is 1.90 bits per heavy atom. The highest BCUT2D eigenvalue weighted by Crippen LogP contribution is 2.34. The minimum absolute atomic E-state index is 0.0116. The van der Waals surface area contributed by atoms with Crippen LogP contribution in [-0.4, -0.2) is 46.2 Å². The highest BCUT2D eigenvalue weighted by atomic mass is 32.2. The van der Waals surface area contributed by atoms with Crippen LogP contribution in [-0.2, 0) is 17.8 Å². The third-order valence-corrected chi connectivity index (χ3v) is 5.71. The fourth-order valence-electron chi connectivity index (χ4n) is 3.25. The zero-order chi connectivity index (χ0) is 20.8. The van der Waals surface area contributed by atoms with Crippen LogP contribution in [0.3, 0.4) is 0 Å². The lowest BCUT2D eigenvalue weighted by molar-refractivity contribution is -0.118. The molecule has 1 amide bonds. The predicted octanol–water partition coefficient (Wildman–Crippen LogP) is 3.19. The van der Waals surface area contributed by atoms with Gasteiger partial charge in [0.15, 0.2) is 22.5 Å². The molecular weight excluding hydrogens is 400 g/mol. The number of benzene rings is 2. The monoisotopic (exact) mass is 424 g/mol. The Hall–Kier alpha value is -3.00. The van der Waals surface area contributed by atoms with Gasteiger partial charge in [-0.2, -0.15) is 0 Å². The molecule has 30 heavy (non-hydrogen) atoms. The molecule has 0 aliphatic carbocycles. The second kappa shape index (κ2) is 9.67. The largest absolute Gasteiger partial charge is 0.486 e. The van der Waals surface area contributed by atoms with Gasteiger partial charge in [0, 0.05) is 18.7 Å². The number of ether oxygens (including phenoxy) is 2. The summed E-state index contributed by atoms with van der Waals surface area (Å²) in [6.45, 7) is 4.46. The number of amides is 1. The molecule has 1 aliphatic heterocycles. The minimum atomic E-state index is -0.0116. The molecule has 7 nitrogen and oxygen atoms in total. The van der Waals surface area contributed by atoms with Crippen LogP contribution in [0.1, 0.15) is 12.5 Å². The Morgan fingerprint density at radius 3 is 2.70 bits per heavy atom. The summed E-state index contributed by atoms with van der Waals surface area (Å²) in [7, 11) is 0. The summed E-state index contributed by atoms with van der Waals surface area (Å²) < 4.78 is 13.3. The van der Waals surface area contributed by atoms with Gasteiger partial charge in [-0.1, -0.05) is 42.1 Å². The molecule has 156 valence electrons. The SMILES string of the molecule is CCn1c(SCC(=O)NCCc2ccccc2)nnc1-c1ccc2c(c1)OCCO2. The van der Waals surface area contributed by atoms with Crippen molar-refractivity contribution in [3.05, 3.63) is 54.1 Å². The molecule has 0 spiro atoms. The van der Waals surface area contributed by atoms with E-state index in [1.54, 1.807) is 0 Å². The van der Waals surface area contributed by atoms with Crippen molar-refractivity contribution in [1.82, 2.24) is 20.1 Å². The summed E-state index contributed by atoms with van der Waals surface area (Å²) in [4.78, 5) is 12.2. The Balaban J connectivity index is 1.36. The lowest BCUT2D eigenvalue weighted by Crippen LogP contribution is -2.27. The standard InChI is InChI=1S/C22H24N4O3S/c1-2-26-21(17-8-9-18-19(14-17)29-13-12-28-18)24-25-22(26)30-15-20(27)23-11-10-16-6-4-3-5-7-16/h3-9,14H,2,10-13,15H2,1H3,(H,23,27). The van der Waals surface area contributed by atoms with Crippen LogP contribution >= 0.6 is 11.8 Å². The van der Waals surface area contributed by atoms with Crippen molar-refractivity contribution in [3.8, 4) is 22.9 Å². The maximum Gasteiger partial charge on any atom is 0.230 e. The van der Waals surface area contributed by atoms with E-state index < -0.39 is 0 Å². The third-order valence-electron chi connectivity index (χ3n) is 4.74. The fraction of sp³-hybridized carbons (Fsp3) is 0.318. The van der Waals surface area contributed by atoms with Gasteiger partial charge in [-0.05, 0) is 37.1 Å². The maximum absolute atomic E-state index is 12.2. The molecule has 0 atom stereocenters. The maximum atomic E-state index is 12.2. The van der Waals surface area contributed by atoms with Crippen LogP contribution in [0.25, 0.3) is 11.4 Å². The topological polar surface area (TPSA) is 78.3 Å². The molecule has 1 aliphatic rings. The van der Waals surface area contributed by atoms with Gasteiger partial charge < -0.3 is 19.4 Å². The van der Waals surface area contributed by atoms with Gasteiger partial charge in [-0.15, -0.1) is 10.2 Å². The first kappa shape index (κ1) is 20.3. The highest BCUT2D eigenvalue weighted by molar-refractivity contribution is 7.99. The van der Waals surface area contributed by atoms with Crippen LogP contribution in [0.4, 0.5) is 0 Å². The van der Waals surface area contributed by atoms with Gasteiger partial charge in [-0.25, -0.2) is 0 Å². The molecule has 3 aromatic rings. The molecule has 0 fully saturated rings. The van der Waals surface area contributed by atoms with Gasteiger partial charge >= 0.3 is 0 Å². The number of carbonyl (C=O) groups is 1. The third kappa shape index (κ3) is 4.76. The van der Waals surface area contributed by atoms with Gasteiger partial charge in [0.1, 0.15) is 13.2 Å². The van der Waals surface area contributed by atoms with Crippen LogP contribution in [0.5, 0.6) is 11.5 Å². The summed E-state index contributed by atoms with van der Waals surface area (Å²) in [5.41, 5.74) is 2.12. The number of aromatic nitrogens is 3. The number of hydrogen-bond donors (Lipinski definition) is 1. The minimum Gasteiger partial charge on any atom is -0.486 e. The second-order valence-corrected chi connectivity index (χ2v) is 7.73. The normalized spacial score (nSPS) is 12.6. The van der Waals surface area contributed by atoms with E-state index in [-0.39, 0.29) is 5.91 Å². The van der Waals surface area contributed by atoms with E-state index in [0.29, 0.717) is 32.1 Å². The molecule has 2 heterocycles.